The average molecular weight is 274 g/mol. The van der Waals surface area contributed by atoms with Crippen LogP contribution >= 0.6 is 0 Å². The van der Waals surface area contributed by atoms with Crippen molar-refractivity contribution in [2.24, 2.45) is 5.41 Å². The minimum Gasteiger partial charge on any atom is -0.496 e. The fraction of sp³-hybridized carbons (Fsp3) is 0.667. The van der Waals surface area contributed by atoms with Gasteiger partial charge in [-0.15, -0.1) is 0 Å². The fourth-order valence-corrected chi connectivity index (χ4v) is 4.27. The molecule has 0 atom stereocenters. The van der Waals surface area contributed by atoms with E-state index in [4.69, 9.17) is 4.74 Å². The second-order valence-electron chi connectivity index (χ2n) is 6.94. The van der Waals surface area contributed by atoms with Crippen LogP contribution in [0.5, 0.6) is 5.75 Å². The molecule has 0 aromatic heterocycles. The first-order valence-corrected chi connectivity index (χ1v) is 7.95. The van der Waals surface area contributed by atoms with E-state index in [1.54, 1.807) is 7.11 Å². The van der Waals surface area contributed by atoms with Gasteiger partial charge in [-0.05, 0) is 63.0 Å². The number of aryl methyl sites for hydroxylation is 1. The maximum atomic E-state index is 11.1. The minimum absolute atomic E-state index is 0.545. The second kappa shape index (κ2) is 5.07. The summed E-state index contributed by atoms with van der Waals surface area (Å²) in [4.78, 5) is 0. The maximum absolute atomic E-state index is 11.1. The topological polar surface area (TPSA) is 29.5 Å². The normalized spacial score (nSPS) is 23.9. The van der Waals surface area contributed by atoms with Crippen LogP contribution in [-0.4, -0.2) is 12.2 Å². The van der Waals surface area contributed by atoms with Crippen molar-refractivity contribution in [1.82, 2.24) is 0 Å². The molecule has 3 rings (SSSR count). The van der Waals surface area contributed by atoms with Crippen molar-refractivity contribution in [1.29, 1.82) is 0 Å². The number of hydrogen-bond donors (Lipinski definition) is 1. The molecule has 1 N–H and O–H groups in total. The van der Waals surface area contributed by atoms with Crippen molar-refractivity contribution in [2.75, 3.05) is 7.11 Å². The van der Waals surface area contributed by atoms with E-state index in [-0.39, 0.29) is 0 Å². The summed E-state index contributed by atoms with van der Waals surface area (Å²) < 4.78 is 5.48. The van der Waals surface area contributed by atoms with Gasteiger partial charge in [-0.2, -0.15) is 0 Å². The number of ether oxygens (including phenoxy) is 1. The van der Waals surface area contributed by atoms with Crippen LogP contribution in [0.4, 0.5) is 0 Å². The van der Waals surface area contributed by atoms with E-state index >= 15 is 0 Å². The summed E-state index contributed by atoms with van der Waals surface area (Å²) >= 11 is 0. The third-order valence-electron chi connectivity index (χ3n) is 5.66. The van der Waals surface area contributed by atoms with Crippen LogP contribution in [0.3, 0.4) is 0 Å². The predicted octanol–water partition coefficient (Wildman–Crippen LogP) is 4.33. The Hall–Kier alpha value is -1.02. The van der Waals surface area contributed by atoms with Gasteiger partial charge in [0.05, 0.1) is 12.7 Å². The summed E-state index contributed by atoms with van der Waals surface area (Å²) in [6.07, 6.45) is 9.60. The highest BCUT2D eigenvalue weighted by Crippen LogP contribution is 2.54. The largest absolute Gasteiger partial charge is 0.496 e. The molecule has 1 spiro atoms. The third-order valence-corrected chi connectivity index (χ3v) is 5.66. The van der Waals surface area contributed by atoms with Gasteiger partial charge in [-0.1, -0.05) is 24.5 Å². The Morgan fingerprint density at radius 1 is 1.00 bits per heavy atom. The van der Waals surface area contributed by atoms with Gasteiger partial charge in [0, 0.05) is 5.56 Å². The van der Waals surface area contributed by atoms with Gasteiger partial charge in [-0.3, -0.25) is 0 Å². The molecule has 0 amide bonds. The maximum Gasteiger partial charge on any atom is 0.124 e. The predicted molar refractivity (Wildman–Crippen MR) is 81.0 cm³/mol. The Balaban J connectivity index is 1.85. The summed E-state index contributed by atoms with van der Waals surface area (Å²) in [5.74, 6) is 0.834. The van der Waals surface area contributed by atoms with Gasteiger partial charge in [0.2, 0.25) is 0 Å². The Labute approximate surface area is 122 Å². The molecule has 2 fully saturated rings. The highest BCUT2D eigenvalue weighted by Gasteiger charge is 2.44. The van der Waals surface area contributed by atoms with E-state index in [1.807, 2.05) is 12.1 Å². The van der Waals surface area contributed by atoms with Crippen molar-refractivity contribution in [3.8, 4) is 5.75 Å². The summed E-state index contributed by atoms with van der Waals surface area (Å²) in [6, 6.07) is 6.14. The van der Waals surface area contributed by atoms with Crippen molar-refractivity contribution in [3.63, 3.8) is 0 Å². The lowest BCUT2D eigenvalue weighted by Crippen LogP contribution is -2.36. The minimum atomic E-state index is -0.689. The number of benzene rings is 1. The molecule has 110 valence electrons. The van der Waals surface area contributed by atoms with E-state index in [0.717, 1.165) is 24.2 Å². The van der Waals surface area contributed by atoms with Gasteiger partial charge >= 0.3 is 0 Å². The average Bonchev–Trinajstić information content (AvgIpc) is 2.91. The summed E-state index contributed by atoms with van der Waals surface area (Å²) in [6.45, 7) is 2.08. The van der Waals surface area contributed by atoms with Crippen LogP contribution in [-0.2, 0) is 5.60 Å². The first kappa shape index (κ1) is 13.9. The summed E-state index contributed by atoms with van der Waals surface area (Å²) in [7, 11) is 1.69. The zero-order valence-electron chi connectivity index (χ0n) is 12.7. The van der Waals surface area contributed by atoms with Gasteiger partial charge in [0.15, 0.2) is 0 Å². The van der Waals surface area contributed by atoms with Crippen molar-refractivity contribution in [2.45, 2.75) is 63.9 Å². The first-order chi connectivity index (χ1) is 9.57. The summed E-state index contributed by atoms with van der Waals surface area (Å²) in [5, 5.41) is 11.1. The van der Waals surface area contributed by atoms with Crippen LogP contribution in [0.25, 0.3) is 0 Å². The van der Waals surface area contributed by atoms with Crippen LogP contribution in [0.15, 0.2) is 18.2 Å². The molecule has 2 aliphatic carbocycles. The molecular weight excluding hydrogens is 248 g/mol. The number of aliphatic hydroxyl groups is 1. The molecule has 1 aromatic rings. The van der Waals surface area contributed by atoms with Gasteiger partial charge in [0.1, 0.15) is 5.75 Å². The van der Waals surface area contributed by atoms with Crippen LogP contribution in [0, 0.1) is 12.3 Å². The van der Waals surface area contributed by atoms with Gasteiger partial charge in [-0.25, -0.2) is 0 Å². The quantitative estimate of drug-likeness (QED) is 0.870. The Morgan fingerprint density at radius 3 is 2.25 bits per heavy atom. The Bertz CT molecular complexity index is 476. The zero-order valence-corrected chi connectivity index (χ0v) is 12.7. The molecule has 2 saturated carbocycles. The van der Waals surface area contributed by atoms with E-state index in [1.165, 1.54) is 44.1 Å². The number of rotatable bonds is 2. The van der Waals surface area contributed by atoms with Crippen molar-refractivity contribution < 1.29 is 9.84 Å². The highest BCUT2D eigenvalue weighted by atomic mass is 16.5. The molecule has 2 heteroatoms. The van der Waals surface area contributed by atoms with Crippen molar-refractivity contribution in [3.05, 3.63) is 29.3 Å². The van der Waals surface area contributed by atoms with Gasteiger partial charge < -0.3 is 9.84 Å². The van der Waals surface area contributed by atoms with E-state index in [0.29, 0.717) is 5.41 Å². The lowest BCUT2D eigenvalue weighted by Gasteiger charge is -2.43. The lowest BCUT2D eigenvalue weighted by molar-refractivity contribution is -0.0390. The molecule has 1 aromatic carbocycles. The van der Waals surface area contributed by atoms with Gasteiger partial charge in [0.25, 0.3) is 0 Å². The Morgan fingerprint density at radius 2 is 1.65 bits per heavy atom. The molecule has 0 heterocycles. The fourth-order valence-electron chi connectivity index (χ4n) is 4.27. The first-order valence-electron chi connectivity index (χ1n) is 7.95. The molecule has 0 radical (unpaired) electrons. The highest BCUT2D eigenvalue weighted by molar-refractivity contribution is 5.41. The van der Waals surface area contributed by atoms with Crippen LogP contribution in [0.2, 0.25) is 0 Å². The number of hydrogen-bond acceptors (Lipinski definition) is 2. The molecule has 0 saturated heterocycles. The van der Waals surface area contributed by atoms with E-state index < -0.39 is 5.60 Å². The van der Waals surface area contributed by atoms with Crippen LogP contribution < -0.4 is 4.74 Å². The molecule has 20 heavy (non-hydrogen) atoms. The number of methoxy groups -OCH3 is 1. The second-order valence-corrected chi connectivity index (χ2v) is 6.94. The monoisotopic (exact) mass is 274 g/mol. The Kier molecular flexibility index (Phi) is 3.53. The van der Waals surface area contributed by atoms with Crippen molar-refractivity contribution >= 4 is 0 Å². The standard InChI is InChI=1S/C18H26O2/c1-14-5-6-16(20-2)15(13-14)18(19)11-9-17(10-12-18)7-3-4-8-17/h5-6,13,19H,3-4,7-12H2,1-2H3. The van der Waals surface area contributed by atoms with Crippen LogP contribution in [0.1, 0.15) is 62.5 Å². The molecular formula is C18H26O2. The molecule has 0 bridgehead atoms. The zero-order chi connectivity index (χ0) is 14.2. The molecule has 0 unspecified atom stereocenters. The SMILES string of the molecule is COc1ccc(C)cc1C1(O)CCC2(CCCC2)CC1. The molecule has 2 nitrogen and oxygen atoms in total. The third kappa shape index (κ3) is 2.35. The lowest BCUT2D eigenvalue weighted by atomic mass is 9.66. The molecule has 0 aliphatic heterocycles. The van der Waals surface area contributed by atoms with E-state index in [9.17, 15) is 5.11 Å². The smallest absolute Gasteiger partial charge is 0.124 e. The summed E-state index contributed by atoms with van der Waals surface area (Å²) in [5.41, 5.74) is 2.04. The molecule has 2 aliphatic rings. The van der Waals surface area contributed by atoms with E-state index in [2.05, 4.69) is 13.0 Å².